The number of fused-ring (bicyclic) bond motifs is 3. The Morgan fingerprint density at radius 3 is 2.54 bits per heavy atom. The first kappa shape index (κ1) is 29.3. The predicted octanol–water partition coefficient (Wildman–Crippen LogP) is 6.07. The predicted molar refractivity (Wildman–Crippen MR) is 162 cm³/mol. The lowest BCUT2D eigenvalue weighted by Crippen LogP contribution is -2.38. The maximum Gasteiger partial charge on any atom is 0.423 e. The smallest absolute Gasteiger partial charge is 0.423 e. The van der Waals surface area contributed by atoms with E-state index in [1.54, 1.807) is 0 Å². The lowest BCUT2D eigenvalue weighted by atomic mass is 9.67. The molecule has 1 N–H and O–H groups in total. The lowest BCUT2D eigenvalue weighted by molar-refractivity contribution is -0.137. The molecule has 3 aliphatic rings. The van der Waals surface area contributed by atoms with Gasteiger partial charge in [-0.25, -0.2) is 4.79 Å². The summed E-state index contributed by atoms with van der Waals surface area (Å²) >= 11 is 2.10. The fourth-order valence-corrected chi connectivity index (χ4v) is 7.13. The van der Waals surface area contributed by atoms with E-state index >= 15 is 0 Å². The summed E-state index contributed by atoms with van der Waals surface area (Å²) in [7, 11) is 2.71. The van der Waals surface area contributed by atoms with Gasteiger partial charge in [0, 0.05) is 5.92 Å². The number of hydrogen-bond acceptors (Lipinski definition) is 7. The number of likely N-dealkylation sites (tertiary alicyclic amines) is 1. The molecule has 2 aliphatic heterocycles. The summed E-state index contributed by atoms with van der Waals surface area (Å²) in [5.74, 6) is -1.67. The molecule has 2 fully saturated rings. The molecule has 3 amide bonds. The number of methoxy groups -OCH3 is 2. The number of hydrogen-bond donors (Lipinski definition) is 1. The molecule has 9 heteroatoms. The second-order valence-corrected chi connectivity index (χ2v) is 12.2. The van der Waals surface area contributed by atoms with Crippen LogP contribution in [-0.4, -0.2) is 54.8 Å². The fraction of sp³-hybridized carbons (Fsp3) is 0.406. The van der Waals surface area contributed by atoms with Gasteiger partial charge in [0.05, 0.1) is 42.3 Å². The number of phenols is 1. The van der Waals surface area contributed by atoms with Gasteiger partial charge in [-0.15, -0.1) is 0 Å². The minimum Gasteiger partial charge on any atom is -0.504 e. The largest absolute Gasteiger partial charge is 0.504 e. The summed E-state index contributed by atoms with van der Waals surface area (Å²) in [4.78, 5) is 39.4. The highest BCUT2D eigenvalue weighted by atomic mass is 127. The Kier molecular flexibility index (Phi) is 8.56. The van der Waals surface area contributed by atoms with Crippen LogP contribution in [0.3, 0.4) is 0 Å². The number of allylic oxidation sites excluding steroid dienone is 2. The molecule has 0 unspecified atom stereocenters. The van der Waals surface area contributed by atoms with Crippen molar-refractivity contribution in [3.63, 3.8) is 0 Å². The molecule has 1 aliphatic carbocycles. The molecule has 0 bridgehead atoms. The quantitative estimate of drug-likeness (QED) is 0.165. The van der Waals surface area contributed by atoms with Crippen molar-refractivity contribution < 1.29 is 33.7 Å². The molecular formula is C32H34INO7. The van der Waals surface area contributed by atoms with E-state index in [1.807, 2.05) is 30.3 Å². The topological polar surface area (TPSA) is 102 Å². The number of carbonyl (C=O) groups excluding carboxylic acids is 3. The van der Waals surface area contributed by atoms with Crippen LogP contribution in [0, 0.1) is 27.2 Å². The first-order chi connectivity index (χ1) is 19.7. The third kappa shape index (κ3) is 5.41. The number of carbonyl (C=O) groups is 3. The summed E-state index contributed by atoms with van der Waals surface area (Å²) < 4.78 is 17.2. The van der Waals surface area contributed by atoms with Gasteiger partial charge in [0.2, 0.25) is 11.8 Å². The molecule has 2 heterocycles. The summed E-state index contributed by atoms with van der Waals surface area (Å²) in [6, 6.07) is 13.9. The van der Waals surface area contributed by atoms with Crippen LogP contribution in [0.4, 0.5) is 4.79 Å². The Hall–Kier alpha value is -3.18. The van der Waals surface area contributed by atoms with E-state index < -0.39 is 29.7 Å². The van der Waals surface area contributed by atoms with Gasteiger partial charge in [-0.1, -0.05) is 55.8 Å². The summed E-state index contributed by atoms with van der Waals surface area (Å²) in [6.07, 6.45) is 2.82. The van der Waals surface area contributed by atoms with Crippen LogP contribution in [0.2, 0.25) is 0 Å². The number of aromatic hydroxyl groups is 1. The van der Waals surface area contributed by atoms with Crippen LogP contribution in [0.1, 0.15) is 44.2 Å². The molecular weight excluding hydrogens is 637 g/mol. The first-order valence-electron chi connectivity index (χ1n) is 13.8. The molecule has 2 aromatic rings. The number of imide groups is 3. The monoisotopic (exact) mass is 671 g/mol. The van der Waals surface area contributed by atoms with E-state index in [9.17, 15) is 19.5 Å². The number of phenolic OH excluding ortho intramolecular Hbond substituents is 1. The lowest BCUT2D eigenvalue weighted by Gasteiger charge is -2.33. The zero-order valence-electron chi connectivity index (χ0n) is 23.6. The van der Waals surface area contributed by atoms with Crippen molar-refractivity contribution >= 4 is 52.1 Å². The molecule has 41 heavy (non-hydrogen) atoms. The molecule has 4 atom stereocenters. The van der Waals surface area contributed by atoms with Crippen molar-refractivity contribution in [2.45, 2.75) is 39.2 Å². The van der Waals surface area contributed by atoms with Crippen LogP contribution in [0.5, 0.6) is 11.5 Å². The minimum atomic E-state index is -0.921. The van der Waals surface area contributed by atoms with Gasteiger partial charge in [-0.05, 0) is 82.2 Å². The molecule has 0 saturated carbocycles. The number of nitrogens with zero attached hydrogens (tertiary/aromatic N) is 1. The SMILES string of the molecule is COC(=O)N1C(=O)[C@@H]2[C@@H](CC(C(C)C)=C3[C@@H](CC/C(=C/c4cc(I)c(O)c(OC)c4)c4ccccc4)OC[C@@H]32)C1=O. The summed E-state index contributed by atoms with van der Waals surface area (Å²) in [5.41, 5.74) is 5.35. The molecule has 216 valence electrons. The zero-order valence-corrected chi connectivity index (χ0v) is 25.7. The van der Waals surface area contributed by atoms with E-state index in [0.717, 1.165) is 27.8 Å². The average Bonchev–Trinajstić information content (AvgIpc) is 3.50. The summed E-state index contributed by atoms with van der Waals surface area (Å²) in [6.45, 7) is 4.54. The van der Waals surface area contributed by atoms with Gasteiger partial charge in [-0.3, -0.25) is 9.59 Å². The maximum atomic E-state index is 13.3. The van der Waals surface area contributed by atoms with Crippen molar-refractivity contribution in [2.75, 3.05) is 20.8 Å². The van der Waals surface area contributed by atoms with Crippen molar-refractivity contribution in [3.8, 4) is 11.5 Å². The molecule has 0 spiro atoms. The molecule has 0 aromatic heterocycles. The molecule has 5 rings (SSSR count). The number of halogens is 1. The van der Waals surface area contributed by atoms with Gasteiger partial charge < -0.3 is 19.3 Å². The van der Waals surface area contributed by atoms with E-state index in [1.165, 1.54) is 14.2 Å². The van der Waals surface area contributed by atoms with Crippen LogP contribution < -0.4 is 4.74 Å². The number of benzene rings is 2. The Morgan fingerprint density at radius 1 is 1.15 bits per heavy atom. The zero-order chi connectivity index (χ0) is 29.4. The molecule has 2 saturated heterocycles. The normalized spacial score (nSPS) is 24.1. The number of amides is 3. The van der Waals surface area contributed by atoms with Crippen molar-refractivity contribution in [1.29, 1.82) is 0 Å². The molecule has 2 aromatic carbocycles. The second kappa shape index (κ2) is 12.0. The fourth-order valence-electron chi connectivity index (χ4n) is 6.50. The molecule has 0 radical (unpaired) electrons. The van der Waals surface area contributed by atoms with Crippen LogP contribution in [-0.2, 0) is 19.1 Å². The van der Waals surface area contributed by atoms with Crippen molar-refractivity contribution in [1.82, 2.24) is 4.90 Å². The van der Waals surface area contributed by atoms with Crippen molar-refractivity contribution in [2.24, 2.45) is 23.7 Å². The van der Waals surface area contributed by atoms with E-state index in [2.05, 4.69) is 54.6 Å². The van der Waals surface area contributed by atoms with Crippen LogP contribution in [0.15, 0.2) is 53.6 Å². The van der Waals surface area contributed by atoms with Crippen LogP contribution in [0.25, 0.3) is 11.6 Å². The maximum absolute atomic E-state index is 13.3. The molecule has 8 nitrogen and oxygen atoms in total. The Labute approximate surface area is 253 Å². The number of rotatable bonds is 7. The third-order valence-electron chi connectivity index (χ3n) is 8.43. The average molecular weight is 672 g/mol. The van der Waals surface area contributed by atoms with Gasteiger partial charge in [0.1, 0.15) is 0 Å². The Morgan fingerprint density at radius 2 is 1.88 bits per heavy atom. The first-order valence-corrected chi connectivity index (χ1v) is 14.9. The van der Waals surface area contributed by atoms with Gasteiger partial charge in [0.25, 0.3) is 0 Å². The third-order valence-corrected chi connectivity index (χ3v) is 9.25. The summed E-state index contributed by atoms with van der Waals surface area (Å²) in [5, 5.41) is 10.3. The standard InChI is InChI=1S/C32H34INO7/c1-17(2)21-15-22-28(31(37)34(30(22)36)32(38)40-4)23-16-41-25(27(21)23)11-10-20(19-8-6-5-7-9-19)12-18-13-24(33)29(35)26(14-18)39-3/h5-9,12-14,17,22-23,25,28,35H,10-11,15-16H2,1-4H3/b20-12-/t22-,23+,25-,28-/m1/s1. The van der Waals surface area contributed by atoms with E-state index in [4.69, 9.17) is 14.2 Å². The van der Waals surface area contributed by atoms with E-state index in [0.29, 0.717) is 40.1 Å². The highest BCUT2D eigenvalue weighted by molar-refractivity contribution is 14.1. The highest BCUT2D eigenvalue weighted by Gasteiger charge is 2.59. The second-order valence-electron chi connectivity index (χ2n) is 11.0. The Bertz CT molecular complexity index is 1430. The highest BCUT2D eigenvalue weighted by Crippen LogP contribution is 2.51. The van der Waals surface area contributed by atoms with Gasteiger partial charge in [0.15, 0.2) is 11.5 Å². The van der Waals surface area contributed by atoms with Crippen LogP contribution >= 0.6 is 22.6 Å². The number of ether oxygens (including phenoxy) is 3. The van der Waals surface area contributed by atoms with Gasteiger partial charge >= 0.3 is 6.09 Å². The van der Waals surface area contributed by atoms with Crippen molar-refractivity contribution in [3.05, 3.63) is 68.3 Å². The minimum absolute atomic E-state index is 0.117. The van der Waals surface area contributed by atoms with E-state index in [-0.39, 0.29) is 23.7 Å². The van der Waals surface area contributed by atoms with Gasteiger partial charge in [-0.2, -0.15) is 4.90 Å². The Balaban J connectivity index is 1.46.